The third kappa shape index (κ3) is 4.77. The predicted octanol–water partition coefficient (Wildman–Crippen LogP) is 1.51. The van der Waals surface area contributed by atoms with Crippen LogP contribution in [0.15, 0.2) is 41.3 Å². The number of rotatable bonds is 7. The van der Waals surface area contributed by atoms with Crippen molar-refractivity contribution in [2.24, 2.45) is 0 Å². The molecule has 0 radical (unpaired) electrons. The first-order valence-electron chi connectivity index (χ1n) is 11.0. The zero-order chi connectivity index (χ0) is 23.5. The fraction of sp³-hybridized carbons (Fsp3) is 0.364. The second kappa shape index (κ2) is 9.85. The number of ether oxygens (including phenoxy) is 1. The molecule has 0 aliphatic carbocycles. The van der Waals surface area contributed by atoms with Gasteiger partial charge in [-0.3, -0.25) is 4.21 Å². The minimum absolute atomic E-state index is 0.0778. The van der Waals surface area contributed by atoms with Crippen molar-refractivity contribution in [2.75, 3.05) is 60.3 Å². The smallest absolute Gasteiger partial charge is 0.233 e. The summed E-state index contributed by atoms with van der Waals surface area (Å²) in [6, 6.07) is 9.69. The van der Waals surface area contributed by atoms with Crippen molar-refractivity contribution in [2.45, 2.75) is 11.3 Å². The third-order valence-corrected chi connectivity index (χ3v) is 7.08. The van der Waals surface area contributed by atoms with E-state index >= 15 is 0 Å². The van der Waals surface area contributed by atoms with Gasteiger partial charge in [0.05, 0.1) is 23.1 Å². The Morgan fingerprint density at radius 1 is 1.09 bits per heavy atom. The van der Waals surface area contributed by atoms with Gasteiger partial charge in [-0.15, -0.1) is 10.2 Å². The highest BCUT2D eigenvalue weighted by Gasteiger charge is 2.28. The van der Waals surface area contributed by atoms with Crippen LogP contribution in [0.5, 0.6) is 5.88 Å². The summed E-state index contributed by atoms with van der Waals surface area (Å²) in [7, 11) is -1.18. The van der Waals surface area contributed by atoms with E-state index in [4.69, 9.17) is 14.8 Å². The number of aliphatic hydroxyl groups is 1. The largest absolute Gasteiger partial charge is 0.474 e. The van der Waals surface area contributed by atoms with Crippen LogP contribution in [0.1, 0.15) is 5.69 Å². The summed E-state index contributed by atoms with van der Waals surface area (Å²) in [5.41, 5.74) is 1.32. The van der Waals surface area contributed by atoms with Gasteiger partial charge in [-0.2, -0.15) is 4.98 Å². The predicted molar refractivity (Wildman–Crippen MR) is 126 cm³/mol. The quantitative estimate of drug-likeness (QED) is 0.510. The van der Waals surface area contributed by atoms with Crippen LogP contribution >= 0.6 is 0 Å². The molecule has 2 N–H and O–H groups in total. The number of hydrogen-bond donors (Lipinski definition) is 2. The van der Waals surface area contributed by atoms with Gasteiger partial charge in [0.15, 0.2) is 11.6 Å². The molecule has 0 bridgehead atoms. The summed E-state index contributed by atoms with van der Waals surface area (Å²) >= 11 is 0. The van der Waals surface area contributed by atoms with Crippen LogP contribution in [0.2, 0.25) is 0 Å². The van der Waals surface area contributed by atoms with Crippen LogP contribution < -0.4 is 19.9 Å². The normalized spacial score (nSPS) is 17.5. The monoisotopic (exact) mass is 485 g/mol. The summed E-state index contributed by atoms with van der Waals surface area (Å²) < 4.78 is 31.5. The lowest BCUT2D eigenvalue weighted by atomic mass is 10.2. The maximum absolute atomic E-state index is 13.7. The summed E-state index contributed by atoms with van der Waals surface area (Å²) in [6.07, 6.45) is 0.621. The van der Waals surface area contributed by atoms with Crippen molar-refractivity contribution < 1.29 is 18.4 Å². The number of hydrogen-bond acceptors (Lipinski definition) is 10. The lowest BCUT2D eigenvalue weighted by Crippen LogP contribution is -2.47. The van der Waals surface area contributed by atoms with Crippen molar-refractivity contribution in [3.8, 4) is 5.88 Å². The highest BCUT2D eigenvalue weighted by Crippen LogP contribution is 2.32. The lowest BCUT2D eigenvalue weighted by molar-refractivity contribution is 0.195. The fourth-order valence-corrected chi connectivity index (χ4v) is 5.26. The highest BCUT2D eigenvalue weighted by atomic mass is 32.2. The minimum Gasteiger partial charge on any atom is -0.474 e. The standard InChI is InChI=1S/C22H24FN7O3S/c23-15-2-1-3-16(14-15)24-21-20-17(6-13-34(20)32)25-22(26-21)30-9-7-29(8-10-30)18-4-5-19(28-27-18)33-12-11-31/h1-5,14,31H,6-13H2,(H,24,25,26). The number of aromatic nitrogens is 4. The first-order chi connectivity index (χ1) is 16.6. The Bertz CT molecular complexity index is 1190. The summed E-state index contributed by atoms with van der Waals surface area (Å²) in [5.74, 6) is 2.30. The van der Waals surface area contributed by atoms with Gasteiger partial charge < -0.3 is 25.0 Å². The van der Waals surface area contributed by atoms with Gasteiger partial charge >= 0.3 is 0 Å². The van der Waals surface area contributed by atoms with Crippen LogP contribution in [0.3, 0.4) is 0 Å². The van der Waals surface area contributed by atoms with E-state index in [-0.39, 0.29) is 19.0 Å². The Morgan fingerprint density at radius 2 is 1.91 bits per heavy atom. The Kier molecular flexibility index (Phi) is 6.50. The molecule has 4 heterocycles. The summed E-state index contributed by atoms with van der Waals surface area (Å²) in [6.45, 7) is 2.84. The van der Waals surface area contributed by atoms with Crippen molar-refractivity contribution >= 4 is 34.1 Å². The average Bonchev–Trinajstić information content (AvgIpc) is 3.24. The molecule has 0 amide bonds. The molecule has 34 heavy (non-hydrogen) atoms. The Morgan fingerprint density at radius 3 is 2.65 bits per heavy atom. The second-order valence-corrected chi connectivity index (χ2v) is 9.37. The molecule has 2 aliphatic rings. The zero-order valence-electron chi connectivity index (χ0n) is 18.4. The minimum atomic E-state index is -1.18. The van der Waals surface area contributed by atoms with Crippen LogP contribution in [0, 0.1) is 5.82 Å². The van der Waals surface area contributed by atoms with Gasteiger partial charge in [-0.25, -0.2) is 9.37 Å². The number of nitrogens with one attached hydrogen (secondary N) is 1. The molecule has 2 aliphatic heterocycles. The molecule has 0 spiro atoms. The molecule has 0 saturated carbocycles. The maximum Gasteiger partial charge on any atom is 0.233 e. The molecule has 2 aromatic heterocycles. The third-order valence-electron chi connectivity index (χ3n) is 5.62. The molecule has 1 aromatic carbocycles. The van der Waals surface area contributed by atoms with E-state index < -0.39 is 10.8 Å². The van der Waals surface area contributed by atoms with Gasteiger partial charge in [-0.1, -0.05) is 6.07 Å². The number of aliphatic hydroxyl groups excluding tert-OH is 1. The SMILES string of the molecule is O=S1CCc2nc(N3CCN(c4ccc(OCCO)nn4)CC3)nc(Nc3cccc(F)c3)c21. The summed E-state index contributed by atoms with van der Waals surface area (Å²) in [4.78, 5) is 14.2. The van der Waals surface area contributed by atoms with E-state index in [0.717, 1.165) is 11.5 Å². The topological polar surface area (TPSA) is 117 Å². The molecule has 12 heteroatoms. The molecule has 5 rings (SSSR count). The highest BCUT2D eigenvalue weighted by molar-refractivity contribution is 7.85. The molecule has 1 atom stereocenters. The number of nitrogens with zero attached hydrogens (tertiary/aromatic N) is 6. The number of anilines is 4. The molecular weight excluding hydrogens is 461 g/mol. The van der Waals surface area contributed by atoms with Gasteiger partial charge in [0.25, 0.3) is 0 Å². The lowest BCUT2D eigenvalue weighted by Gasteiger charge is -2.35. The van der Waals surface area contributed by atoms with Gasteiger partial charge in [0.2, 0.25) is 11.8 Å². The van der Waals surface area contributed by atoms with Crippen molar-refractivity contribution in [1.29, 1.82) is 0 Å². The number of halogens is 1. The number of benzene rings is 1. The molecule has 1 unspecified atom stereocenters. The first-order valence-corrected chi connectivity index (χ1v) is 12.3. The number of piperazine rings is 1. The molecule has 178 valence electrons. The van der Waals surface area contributed by atoms with Crippen LogP contribution in [-0.2, 0) is 17.2 Å². The van der Waals surface area contributed by atoms with E-state index in [2.05, 4.69) is 30.3 Å². The van der Waals surface area contributed by atoms with E-state index in [9.17, 15) is 8.60 Å². The van der Waals surface area contributed by atoms with Crippen LogP contribution in [0.25, 0.3) is 0 Å². The van der Waals surface area contributed by atoms with E-state index in [1.165, 1.54) is 12.1 Å². The van der Waals surface area contributed by atoms with Gasteiger partial charge in [-0.05, 0) is 24.3 Å². The van der Waals surface area contributed by atoms with Crippen LogP contribution in [-0.4, -0.2) is 74.6 Å². The Labute approximate surface area is 198 Å². The Hall–Kier alpha value is -3.38. The van der Waals surface area contributed by atoms with Crippen LogP contribution in [0.4, 0.5) is 27.7 Å². The molecule has 3 aromatic rings. The molecule has 10 nitrogen and oxygen atoms in total. The second-order valence-electron chi connectivity index (χ2n) is 7.86. The maximum atomic E-state index is 13.7. The van der Waals surface area contributed by atoms with Gasteiger partial charge in [0.1, 0.15) is 17.3 Å². The van der Waals surface area contributed by atoms with E-state index in [1.807, 2.05) is 6.07 Å². The van der Waals surface area contributed by atoms with Crippen molar-refractivity contribution in [3.05, 3.63) is 47.9 Å². The summed E-state index contributed by atoms with van der Waals surface area (Å²) in [5, 5.41) is 20.3. The first kappa shape index (κ1) is 22.4. The van der Waals surface area contributed by atoms with Gasteiger partial charge in [0, 0.05) is 50.1 Å². The number of aryl methyl sites for hydroxylation is 1. The van der Waals surface area contributed by atoms with E-state index in [0.29, 0.717) is 66.6 Å². The Balaban J connectivity index is 1.31. The fourth-order valence-electron chi connectivity index (χ4n) is 3.96. The van der Waals surface area contributed by atoms with Crippen molar-refractivity contribution in [3.63, 3.8) is 0 Å². The molecule has 1 fully saturated rings. The number of fused-ring (bicyclic) bond motifs is 1. The average molecular weight is 486 g/mol. The van der Waals surface area contributed by atoms with Crippen molar-refractivity contribution in [1.82, 2.24) is 20.2 Å². The molecular formula is C22H24FN7O3S. The molecule has 1 saturated heterocycles. The zero-order valence-corrected chi connectivity index (χ0v) is 19.2. The van der Waals surface area contributed by atoms with E-state index in [1.54, 1.807) is 18.2 Å².